The predicted molar refractivity (Wildman–Crippen MR) is 172 cm³/mol. The number of nitrogens with zero attached hydrogens (tertiary/aromatic N) is 6. The highest BCUT2D eigenvalue weighted by Gasteiger charge is 2.38. The van der Waals surface area contributed by atoms with Crippen LogP contribution >= 0.6 is 24.0 Å². The second-order valence-electron chi connectivity index (χ2n) is 10.9. The summed E-state index contributed by atoms with van der Waals surface area (Å²) in [5.41, 5.74) is 2.12. The largest absolute Gasteiger partial charge is 0.357 e. The maximum Gasteiger partial charge on any atom is 0.296 e. The molecule has 218 valence electrons. The fourth-order valence-corrected chi connectivity index (χ4v) is 6.99. The molecule has 1 amide bonds. The van der Waals surface area contributed by atoms with Crippen LogP contribution in [0.25, 0.3) is 11.8 Å². The van der Waals surface area contributed by atoms with Crippen LogP contribution in [0.1, 0.15) is 55.5 Å². The van der Waals surface area contributed by atoms with E-state index in [1.165, 1.54) is 9.58 Å². The lowest BCUT2D eigenvalue weighted by atomic mass is 9.97. The first-order chi connectivity index (χ1) is 20.1. The van der Waals surface area contributed by atoms with Crippen molar-refractivity contribution in [2.45, 2.75) is 53.5 Å². The third kappa shape index (κ3) is 4.92. The molecule has 0 radical (unpaired) electrons. The number of anilines is 2. The number of carbonyl (C=O) groups excluding carboxylic acids is 1. The fraction of sp³-hybridized carbons (Fsp3) is 0.387. The number of amides is 1. The number of hydrogen-bond donors (Lipinski definition) is 0. The predicted octanol–water partition coefficient (Wildman–Crippen LogP) is 4.88. The topological polar surface area (TPSA) is 96.3 Å². The highest BCUT2D eigenvalue weighted by atomic mass is 32.2. The average Bonchev–Trinajstić information content (AvgIpc) is 3.37. The Morgan fingerprint density at radius 2 is 1.76 bits per heavy atom. The van der Waals surface area contributed by atoms with Crippen molar-refractivity contribution in [1.29, 1.82) is 5.26 Å². The summed E-state index contributed by atoms with van der Waals surface area (Å²) in [5.74, 6) is 0.916. The second-order valence-corrected chi connectivity index (χ2v) is 12.6. The van der Waals surface area contributed by atoms with Crippen molar-refractivity contribution in [2.24, 2.45) is 13.0 Å². The van der Waals surface area contributed by atoms with E-state index in [0.29, 0.717) is 46.3 Å². The van der Waals surface area contributed by atoms with Crippen LogP contribution in [-0.2, 0) is 18.4 Å². The number of carbonyl (C=O) groups is 1. The van der Waals surface area contributed by atoms with Gasteiger partial charge < -0.3 is 4.90 Å². The summed E-state index contributed by atoms with van der Waals surface area (Å²) in [6, 6.07) is 11.3. The van der Waals surface area contributed by atoms with Crippen LogP contribution in [-0.4, -0.2) is 37.2 Å². The van der Waals surface area contributed by atoms with Gasteiger partial charge in [-0.05, 0) is 62.8 Å². The number of thiocarbonyl (C=S) groups is 1. The van der Waals surface area contributed by atoms with Gasteiger partial charge in [0.1, 0.15) is 23.1 Å². The van der Waals surface area contributed by atoms with Crippen molar-refractivity contribution < 1.29 is 4.79 Å². The Morgan fingerprint density at radius 3 is 2.38 bits per heavy atom. The van der Waals surface area contributed by atoms with E-state index in [0.717, 1.165) is 43.5 Å². The molecule has 0 saturated carbocycles. The lowest BCUT2D eigenvalue weighted by Gasteiger charge is -2.35. The van der Waals surface area contributed by atoms with E-state index < -0.39 is 5.91 Å². The Bertz CT molecular complexity index is 1770. The van der Waals surface area contributed by atoms with E-state index in [1.54, 1.807) is 36.2 Å². The molecule has 5 rings (SSSR count). The van der Waals surface area contributed by atoms with Gasteiger partial charge in [-0.3, -0.25) is 28.5 Å². The molecule has 2 aliphatic rings. The molecule has 0 N–H and O–H groups in total. The molecule has 2 aromatic heterocycles. The van der Waals surface area contributed by atoms with Crippen LogP contribution in [0.2, 0.25) is 0 Å². The summed E-state index contributed by atoms with van der Waals surface area (Å²) in [6.07, 6.45) is 4.44. The Balaban J connectivity index is 1.66. The molecule has 0 aliphatic carbocycles. The fourth-order valence-electron chi connectivity index (χ4n) is 5.74. The maximum absolute atomic E-state index is 14.0. The standard InChI is InChI=1S/C31H34N6O3S2/c1-6-14-35-27(34-15-12-19(2)13-16-34)23(20(3)24(18-32)28(35)38)17-25-29(39)36(31(41)42-25)26-21(4)33(5)37(30(26)40)22-10-8-7-9-11-22/h7-11,17,19H,6,12-16H2,1-5H3/b25-17+. The first-order valence-electron chi connectivity index (χ1n) is 14.1. The van der Waals surface area contributed by atoms with Gasteiger partial charge in [0.2, 0.25) is 0 Å². The normalized spacial score (nSPS) is 17.0. The van der Waals surface area contributed by atoms with E-state index in [9.17, 15) is 19.6 Å². The van der Waals surface area contributed by atoms with Gasteiger partial charge in [-0.25, -0.2) is 4.68 Å². The molecular weight excluding hydrogens is 569 g/mol. The number of aromatic nitrogens is 3. The van der Waals surface area contributed by atoms with Crippen LogP contribution in [0.15, 0.2) is 44.8 Å². The number of rotatable bonds is 6. The van der Waals surface area contributed by atoms with Gasteiger partial charge in [0.25, 0.3) is 17.0 Å². The third-order valence-corrected chi connectivity index (χ3v) is 9.50. The minimum atomic E-state index is -0.402. The van der Waals surface area contributed by atoms with Crippen LogP contribution in [0.5, 0.6) is 0 Å². The SMILES string of the molecule is CCCn1c(N2CCC(C)CC2)c(/C=C2/SC(=S)N(c3c(C)n(C)n(-c4ccccc4)c3=O)C2=O)c(C)c(C#N)c1=O. The van der Waals surface area contributed by atoms with Crippen molar-refractivity contribution >= 4 is 51.8 Å². The number of benzene rings is 1. The summed E-state index contributed by atoms with van der Waals surface area (Å²) in [6.45, 7) is 9.79. The lowest BCUT2D eigenvalue weighted by molar-refractivity contribution is -0.113. The van der Waals surface area contributed by atoms with Crippen molar-refractivity contribution in [3.8, 4) is 11.8 Å². The first-order valence-corrected chi connectivity index (χ1v) is 15.4. The molecular formula is C31H34N6O3S2. The van der Waals surface area contributed by atoms with Gasteiger partial charge in [-0.15, -0.1) is 0 Å². The van der Waals surface area contributed by atoms with Crippen LogP contribution in [0.4, 0.5) is 11.5 Å². The molecule has 42 heavy (non-hydrogen) atoms. The minimum Gasteiger partial charge on any atom is -0.357 e. The highest BCUT2D eigenvalue weighted by Crippen LogP contribution is 2.39. The highest BCUT2D eigenvalue weighted by molar-refractivity contribution is 8.27. The zero-order valence-electron chi connectivity index (χ0n) is 24.5. The van der Waals surface area contributed by atoms with E-state index >= 15 is 0 Å². The summed E-state index contributed by atoms with van der Waals surface area (Å²) >= 11 is 6.80. The maximum atomic E-state index is 14.0. The van der Waals surface area contributed by atoms with E-state index in [4.69, 9.17) is 12.2 Å². The number of piperidine rings is 1. The smallest absolute Gasteiger partial charge is 0.296 e. The minimum absolute atomic E-state index is 0.0731. The van der Waals surface area contributed by atoms with Crippen LogP contribution < -0.4 is 20.9 Å². The van der Waals surface area contributed by atoms with Gasteiger partial charge in [0.15, 0.2) is 4.32 Å². The first kappa shape index (κ1) is 29.6. The molecule has 11 heteroatoms. The summed E-state index contributed by atoms with van der Waals surface area (Å²) in [5, 5.41) is 9.94. The molecule has 0 spiro atoms. The molecule has 2 fully saturated rings. The zero-order chi connectivity index (χ0) is 30.3. The average molecular weight is 603 g/mol. The van der Waals surface area contributed by atoms with Gasteiger partial charge >= 0.3 is 0 Å². The van der Waals surface area contributed by atoms with Crippen molar-refractivity contribution in [2.75, 3.05) is 22.9 Å². The van der Waals surface area contributed by atoms with Gasteiger partial charge in [0.05, 0.1) is 16.3 Å². The number of pyridine rings is 1. The Morgan fingerprint density at radius 1 is 1.10 bits per heavy atom. The Labute approximate surface area is 254 Å². The van der Waals surface area contributed by atoms with E-state index in [2.05, 4.69) is 17.9 Å². The molecule has 0 bridgehead atoms. The summed E-state index contributed by atoms with van der Waals surface area (Å²) < 4.78 is 5.18. The summed E-state index contributed by atoms with van der Waals surface area (Å²) in [4.78, 5) is 45.0. The van der Waals surface area contributed by atoms with Gasteiger partial charge in [0, 0.05) is 32.2 Å². The van der Waals surface area contributed by atoms with E-state index in [1.807, 2.05) is 37.3 Å². The Hall–Kier alpha value is -3.88. The molecule has 3 aromatic rings. The monoisotopic (exact) mass is 602 g/mol. The molecule has 4 heterocycles. The molecule has 9 nitrogen and oxygen atoms in total. The number of hydrogen-bond acceptors (Lipinski definition) is 7. The Kier molecular flexibility index (Phi) is 8.30. The van der Waals surface area contributed by atoms with Crippen molar-refractivity contribution in [3.05, 3.63) is 78.3 Å². The van der Waals surface area contributed by atoms with Crippen LogP contribution in [0.3, 0.4) is 0 Å². The van der Waals surface area contributed by atoms with E-state index in [-0.39, 0.29) is 26.7 Å². The molecule has 2 aliphatic heterocycles. The van der Waals surface area contributed by atoms with Crippen molar-refractivity contribution in [1.82, 2.24) is 13.9 Å². The third-order valence-electron chi connectivity index (χ3n) is 8.19. The summed E-state index contributed by atoms with van der Waals surface area (Å²) in [7, 11) is 1.77. The molecule has 1 aromatic carbocycles. The van der Waals surface area contributed by atoms with Gasteiger partial charge in [-0.2, -0.15) is 5.26 Å². The van der Waals surface area contributed by atoms with Crippen LogP contribution in [0, 0.1) is 31.1 Å². The number of para-hydroxylation sites is 1. The van der Waals surface area contributed by atoms with Crippen molar-refractivity contribution in [3.63, 3.8) is 0 Å². The second kappa shape index (κ2) is 11.8. The molecule has 2 saturated heterocycles. The number of thioether (sulfide) groups is 1. The quantitative estimate of drug-likeness (QED) is 0.293. The zero-order valence-corrected chi connectivity index (χ0v) is 26.1. The lowest BCUT2D eigenvalue weighted by Crippen LogP contribution is -2.39. The molecule has 0 unspecified atom stereocenters. The van der Waals surface area contributed by atoms with Gasteiger partial charge in [-0.1, -0.05) is 56.0 Å². The number of nitriles is 1. The molecule has 0 atom stereocenters.